The first-order chi connectivity index (χ1) is 11.7. The number of carbonyl (C=O) groups is 1. The number of carbonyl (C=O) groups excluding carboxylic acids is 1. The van der Waals surface area contributed by atoms with Gasteiger partial charge in [-0.05, 0) is 45.3 Å². The molecule has 3 aliphatic heterocycles. The molecule has 0 bridgehead atoms. The number of fused-ring (bicyclic) bond motifs is 1. The lowest BCUT2D eigenvalue weighted by Crippen LogP contribution is -2.39. The third-order valence-corrected chi connectivity index (χ3v) is 4.56. The molecule has 0 aromatic rings. The second-order valence-electron chi connectivity index (χ2n) is 8.00. The minimum Gasteiger partial charge on any atom is -0.444 e. The van der Waals surface area contributed by atoms with E-state index in [1.807, 2.05) is 20.8 Å². The molecule has 0 aliphatic carbocycles. The van der Waals surface area contributed by atoms with Gasteiger partial charge < -0.3 is 14.5 Å². The highest BCUT2D eigenvalue weighted by molar-refractivity contribution is 5.68. The monoisotopic (exact) mass is 352 g/mol. The summed E-state index contributed by atoms with van der Waals surface area (Å²) >= 11 is 0. The van der Waals surface area contributed by atoms with Crippen molar-refractivity contribution in [3.8, 4) is 0 Å². The van der Waals surface area contributed by atoms with Gasteiger partial charge in [-0.3, -0.25) is 0 Å². The first kappa shape index (κ1) is 18.1. The highest BCUT2D eigenvalue weighted by Gasteiger charge is 2.62. The van der Waals surface area contributed by atoms with Crippen molar-refractivity contribution in [1.29, 1.82) is 0 Å². The van der Waals surface area contributed by atoms with Gasteiger partial charge in [0.2, 0.25) is 0 Å². The van der Waals surface area contributed by atoms with Crippen LogP contribution in [0.2, 0.25) is 0 Å². The topological polar surface area (TPSA) is 65.5 Å². The first-order valence-electron chi connectivity index (χ1n) is 9.19. The third-order valence-electron chi connectivity index (χ3n) is 4.56. The van der Waals surface area contributed by atoms with E-state index in [9.17, 15) is 10.0 Å². The molecular weight excluding hydrogens is 322 g/mol. The van der Waals surface area contributed by atoms with Gasteiger partial charge in [-0.15, -0.1) is 0 Å². The normalized spacial score (nSPS) is 26.5. The summed E-state index contributed by atoms with van der Waals surface area (Å²) in [5.41, 5.74) is 1.68. The van der Waals surface area contributed by atoms with Crippen LogP contribution in [-0.4, -0.2) is 64.2 Å². The van der Waals surface area contributed by atoms with Crippen LogP contribution in [0.15, 0.2) is 23.2 Å². The zero-order valence-corrected chi connectivity index (χ0v) is 15.7. The molecule has 3 rings (SSSR count). The molecule has 3 heterocycles. The predicted octanol–water partition coefficient (Wildman–Crippen LogP) is 2.99. The molecule has 1 atom stereocenters. The van der Waals surface area contributed by atoms with Crippen LogP contribution in [0.1, 0.15) is 47.0 Å². The fourth-order valence-corrected chi connectivity index (χ4v) is 3.39. The second kappa shape index (κ2) is 6.53. The van der Waals surface area contributed by atoms with E-state index in [1.54, 1.807) is 4.90 Å². The summed E-state index contributed by atoms with van der Waals surface area (Å²) in [4.78, 5) is 21.4. The van der Waals surface area contributed by atoms with Gasteiger partial charge in [0.15, 0.2) is 12.2 Å². The summed E-state index contributed by atoms with van der Waals surface area (Å²) in [5, 5.41) is 10.4. The van der Waals surface area contributed by atoms with Crippen LogP contribution in [0.4, 0.5) is 4.79 Å². The fraction of sp³-hybridized carbons (Fsp3) is 0.722. The molecule has 25 heavy (non-hydrogen) atoms. The van der Waals surface area contributed by atoms with E-state index in [0.717, 1.165) is 31.5 Å². The molecule has 1 N–H and O–H groups in total. The maximum atomic E-state index is 12.3. The Kier molecular flexibility index (Phi) is 4.72. The van der Waals surface area contributed by atoms with Crippen LogP contribution < -0.4 is 0 Å². The molecule has 1 unspecified atom stereocenters. The molecule has 7 heteroatoms. The fourth-order valence-electron chi connectivity index (χ4n) is 3.39. The zero-order valence-electron chi connectivity index (χ0n) is 15.7. The van der Waals surface area contributed by atoms with Gasteiger partial charge >= 0.3 is 12.0 Å². The lowest BCUT2D eigenvalue weighted by molar-refractivity contribution is -1.08. The molecule has 0 spiro atoms. The number of hydrogen-bond donors (Lipinski definition) is 1. The van der Waals surface area contributed by atoms with Gasteiger partial charge in [-0.1, -0.05) is 13.3 Å². The Hall–Kier alpha value is -1.73. The quantitative estimate of drug-likeness (QED) is 0.625. The van der Waals surface area contributed by atoms with Crippen molar-refractivity contribution in [2.75, 3.05) is 32.7 Å². The Morgan fingerprint density at radius 3 is 2.76 bits per heavy atom. The average Bonchev–Trinajstić information content (AvgIpc) is 3.22. The minimum atomic E-state index is -0.481. The molecule has 3 aliphatic rings. The number of hydroxylamine groups is 4. The lowest BCUT2D eigenvalue weighted by atomic mass is 10.1. The Bertz CT molecular complexity index is 608. The van der Waals surface area contributed by atoms with Gasteiger partial charge in [0, 0.05) is 26.2 Å². The van der Waals surface area contributed by atoms with Crippen molar-refractivity contribution >= 4 is 6.09 Å². The maximum Gasteiger partial charge on any atom is 0.451 e. The molecule has 7 nitrogen and oxygen atoms in total. The Labute approximate surface area is 149 Å². The van der Waals surface area contributed by atoms with Gasteiger partial charge in [0.25, 0.3) is 0 Å². The van der Waals surface area contributed by atoms with Crippen LogP contribution in [0.3, 0.4) is 0 Å². The molecular formula is C18H30N3O4+. The number of hydrogen-bond acceptors (Lipinski definition) is 5. The molecule has 1 amide bonds. The smallest absolute Gasteiger partial charge is 0.444 e. The van der Waals surface area contributed by atoms with Crippen LogP contribution in [-0.2, 0) is 9.57 Å². The van der Waals surface area contributed by atoms with Crippen molar-refractivity contribution in [3.05, 3.63) is 23.2 Å². The van der Waals surface area contributed by atoms with E-state index in [-0.39, 0.29) is 6.09 Å². The average molecular weight is 352 g/mol. The molecule has 0 aromatic heterocycles. The van der Waals surface area contributed by atoms with Crippen molar-refractivity contribution in [1.82, 2.24) is 9.80 Å². The van der Waals surface area contributed by atoms with Crippen LogP contribution in [0.5, 0.6) is 0 Å². The van der Waals surface area contributed by atoms with E-state index in [4.69, 9.17) is 9.57 Å². The van der Waals surface area contributed by atoms with Gasteiger partial charge in [0.05, 0.1) is 4.81 Å². The van der Waals surface area contributed by atoms with Crippen LogP contribution in [0.25, 0.3) is 0 Å². The SMILES string of the molecule is CCCC1=CC(N2CCCN(C(=O)OC(C)(C)C)CC2)=C2O[N+]2(O)C1. The van der Waals surface area contributed by atoms with E-state index in [1.165, 1.54) is 5.57 Å². The van der Waals surface area contributed by atoms with Gasteiger partial charge in [0.1, 0.15) is 5.60 Å². The zero-order chi connectivity index (χ0) is 18.2. The van der Waals surface area contributed by atoms with Crippen molar-refractivity contribution in [2.45, 2.75) is 52.6 Å². The third kappa shape index (κ3) is 4.10. The highest BCUT2D eigenvalue weighted by Crippen LogP contribution is 2.44. The minimum absolute atomic E-state index is 0.257. The molecule has 0 radical (unpaired) electrons. The standard InChI is InChI=1S/C18H30N3O4/c1-5-7-14-12-15(16-21(23,13-14)25-16)19-8-6-9-20(11-10-19)17(22)24-18(2,3)4/h12,23H,5-11,13H2,1-4H3/q+1. The number of quaternary nitrogens is 1. The molecule has 2 saturated heterocycles. The summed E-state index contributed by atoms with van der Waals surface area (Å²) in [6, 6.07) is 0. The van der Waals surface area contributed by atoms with Crippen molar-refractivity contribution in [2.24, 2.45) is 0 Å². The Morgan fingerprint density at radius 1 is 1.32 bits per heavy atom. The predicted molar refractivity (Wildman–Crippen MR) is 92.0 cm³/mol. The number of nitrogens with zero attached hydrogens (tertiary/aromatic N) is 3. The molecule has 0 saturated carbocycles. The summed E-state index contributed by atoms with van der Waals surface area (Å²) in [5.74, 6) is 0.630. The largest absolute Gasteiger partial charge is 0.451 e. The Balaban J connectivity index is 1.67. The Morgan fingerprint density at radius 2 is 2.08 bits per heavy atom. The summed E-state index contributed by atoms with van der Waals surface area (Å²) < 4.78 is 5.48. The second-order valence-corrected chi connectivity index (χ2v) is 8.00. The molecule has 0 aromatic carbocycles. The van der Waals surface area contributed by atoms with Gasteiger partial charge in [-0.25, -0.2) is 9.63 Å². The number of rotatable bonds is 3. The van der Waals surface area contributed by atoms with E-state index in [0.29, 0.717) is 32.1 Å². The summed E-state index contributed by atoms with van der Waals surface area (Å²) in [6.45, 7) is 11.1. The number of ether oxygens (including phenoxy) is 1. The number of amides is 1. The lowest BCUT2D eigenvalue weighted by Gasteiger charge is -2.27. The maximum absolute atomic E-state index is 12.3. The first-order valence-corrected chi connectivity index (χ1v) is 9.19. The highest BCUT2D eigenvalue weighted by atomic mass is 17.1. The van der Waals surface area contributed by atoms with Crippen molar-refractivity contribution < 1.29 is 24.4 Å². The van der Waals surface area contributed by atoms with Crippen molar-refractivity contribution in [3.63, 3.8) is 0 Å². The van der Waals surface area contributed by atoms with E-state index < -0.39 is 10.4 Å². The van der Waals surface area contributed by atoms with Gasteiger partial charge in [-0.2, -0.15) is 5.21 Å². The summed E-state index contributed by atoms with van der Waals surface area (Å²) in [7, 11) is 0. The summed E-state index contributed by atoms with van der Waals surface area (Å²) in [6.07, 6.45) is 4.76. The molecule has 2 fully saturated rings. The van der Waals surface area contributed by atoms with Crippen LogP contribution in [0, 0.1) is 0 Å². The molecule has 140 valence electrons. The van der Waals surface area contributed by atoms with Crippen LogP contribution >= 0.6 is 0 Å². The number of allylic oxidation sites excluding steroid dienone is 1. The van der Waals surface area contributed by atoms with E-state index in [2.05, 4.69) is 17.9 Å². The van der Waals surface area contributed by atoms with E-state index >= 15 is 0 Å².